The highest BCUT2D eigenvalue weighted by Crippen LogP contribution is 2.40. The molecule has 3 atom stereocenters. The number of amides is 2. The Hall–Kier alpha value is -3.06. The van der Waals surface area contributed by atoms with Gasteiger partial charge in [-0.15, -0.1) is 0 Å². The van der Waals surface area contributed by atoms with E-state index in [1.54, 1.807) is 0 Å². The molecule has 2 aromatic carbocycles. The Morgan fingerprint density at radius 2 is 1.80 bits per heavy atom. The number of benzene rings is 2. The molecule has 4 rings (SSSR count). The zero-order chi connectivity index (χ0) is 25.1. The third kappa shape index (κ3) is 5.01. The van der Waals surface area contributed by atoms with Crippen LogP contribution in [0.3, 0.4) is 0 Å². The molecule has 0 spiro atoms. The summed E-state index contributed by atoms with van der Waals surface area (Å²) in [6.45, 7) is 3.97. The van der Waals surface area contributed by atoms with Crippen LogP contribution in [0.25, 0.3) is 11.1 Å². The molecule has 7 heteroatoms. The van der Waals surface area contributed by atoms with Gasteiger partial charge in [0.25, 0.3) is 5.91 Å². The third-order valence-corrected chi connectivity index (χ3v) is 7.90. The van der Waals surface area contributed by atoms with Gasteiger partial charge in [-0.25, -0.2) is 4.79 Å². The van der Waals surface area contributed by atoms with Gasteiger partial charge in [0.15, 0.2) is 0 Å². The molecular weight excluding hydrogens is 460 g/mol. The summed E-state index contributed by atoms with van der Waals surface area (Å²) in [6.07, 6.45) is 3.62. The van der Waals surface area contributed by atoms with Crippen LogP contribution in [0.15, 0.2) is 48.5 Å². The average Bonchev–Trinajstić information content (AvgIpc) is 2.99. The van der Waals surface area contributed by atoms with E-state index >= 15 is 0 Å². The fourth-order valence-corrected chi connectivity index (χ4v) is 5.82. The van der Waals surface area contributed by atoms with Crippen molar-refractivity contribution in [3.8, 4) is 11.1 Å². The van der Waals surface area contributed by atoms with Gasteiger partial charge >= 0.3 is 5.97 Å². The lowest BCUT2D eigenvalue weighted by Gasteiger charge is -2.40. The van der Waals surface area contributed by atoms with Gasteiger partial charge in [-0.3, -0.25) is 9.59 Å². The number of carboxylic acid groups (broad SMARTS) is 1. The zero-order valence-electron chi connectivity index (χ0n) is 20.2. The van der Waals surface area contributed by atoms with Crippen LogP contribution in [0.5, 0.6) is 0 Å². The first-order valence-electron chi connectivity index (χ1n) is 12.4. The van der Waals surface area contributed by atoms with E-state index in [4.69, 9.17) is 12.2 Å². The fraction of sp³-hybridized carbons (Fsp3) is 0.429. The van der Waals surface area contributed by atoms with E-state index in [-0.39, 0.29) is 17.9 Å². The van der Waals surface area contributed by atoms with E-state index in [1.807, 2.05) is 56.3 Å². The van der Waals surface area contributed by atoms with Gasteiger partial charge in [-0.1, -0.05) is 68.5 Å². The molecule has 2 amide bonds. The van der Waals surface area contributed by atoms with Crippen LogP contribution in [0, 0.1) is 5.92 Å². The first kappa shape index (κ1) is 25.0. The lowest BCUT2D eigenvalue weighted by molar-refractivity contribution is -0.156. The maximum Gasteiger partial charge on any atom is 0.326 e. The third-order valence-electron chi connectivity index (χ3n) is 7.39. The molecule has 0 aliphatic carbocycles. The Labute approximate surface area is 211 Å². The normalized spacial score (nSPS) is 21.6. The van der Waals surface area contributed by atoms with Crippen molar-refractivity contribution < 1.29 is 19.5 Å². The Morgan fingerprint density at radius 1 is 1.09 bits per heavy atom. The Kier molecular flexibility index (Phi) is 7.65. The Morgan fingerprint density at radius 3 is 2.46 bits per heavy atom. The highest BCUT2D eigenvalue weighted by Gasteiger charge is 2.44. The summed E-state index contributed by atoms with van der Waals surface area (Å²) in [6, 6.07) is 14.0. The largest absolute Gasteiger partial charge is 0.480 e. The number of hydrogen-bond acceptors (Lipinski definition) is 4. The number of carbonyl (C=O) groups is 3. The highest BCUT2D eigenvalue weighted by atomic mass is 32.1. The second-order valence-electron chi connectivity index (χ2n) is 9.43. The molecule has 2 aliphatic heterocycles. The zero-order valence-corrected chi connectivity index (χ0v) is 21.0. The number of nitrogens with one attached hydrogen (secondary N) is 1. The van der Waals surface area contributed by atoms with E-state index < -0.39 is 24.0 Å². The molecule has 2 heterocycles. The van der Waals surface area contributed by atoms with Crippen molar-refractivity contribution in [2.75, 3.05) is 0 Å². The number of carbonyl (C=O) groups excluding carboxylic acids is 2. The van der Waals surface area contributed by atoms with Crippen LogP contribution in [-0.4, -0.2) is 44.7 Å². The molecule has 1 saturated heterocycles. The number of piperidine rings is 1. The summed E-state index contributed by atoms with van der Waals surface area (Å²) in [5, 5.41) is 12.8. The monoisotopic (exact) mass is 492 g/mol. The number of hydrogen-bond donors (Lipinski definition) is 2. The number of thiocarbonyl (C=S) groups is 1. The molecule has 6 nitrogen and oxygen atoms in total. The maximum absolute atomic E-state index is 13.8. The molecule has 0 bridgehead atoms. The lowest BCUT2D eigenvalue weighted by atomic mass is 9.87. The first-order valence-corrected chi connectivity index (χ1v) is 12.8. The van der Waals surface area contributed by atoms with Crippen LogP contribution < -0.4 is 5.32 Å². The van der Waals surface area contributed by atoms with Gasteiger partial charge in [0.05, 0.1) is 10.9 Å². The van der Waals surface area contributed by atoms with Crippen LogP contribution in [0.4, 0.5) is 0 Å². The molecule has 1 fully saturated rings. The van der Waals surface area contributed by atoms with Crippen LogP contribution in [-0.2, 0) is 20.8 Å². The van der Waals surface area contributed by atoms with Crippen molar-refractivity contribution in [2.45, 2.75) is 70.5 Å². The summed E-state index contributed by atoms with van der Waals surface area (Å²) >= 11 is 5.44. The first-order chi connectivity index (χ1) is 16.8. The highest BCUT2D eigenvalue weighted by molar-refractivity contribution is 7.82. The molecule has 184 valence electrons. The number of nitrogens with zero attached hydrogens (tertiary/aromatic N) is 1. The SMILES string of the molecule is CCC(CC)C(=S)C(=O)N[C@H]1Cc2ccc(-c3ccccc3)cc2[C@H]2CCC[C@@H](C(=O)O)N2C1=O. The average molecular weight is 493 g/mol. The number of fused-ring (bicyclic) bond motifs is 3. The predicted molar refractivity (Wildman–Crippen MR) is 139 cm³/mol. The minimum atomic E-state index is -1.01. The van der Waals surface area contributed by atoms with Crippen LogP contribution in [0.2, 0.25) is 0 Å². The van der Waals surface area contributed by atoms with Crippen molar-refractivity contribution in [3.63, 3.8) is 0 Å². The molecule has 2 N–H and O–H groups in total. The van der Waals surface area contributed by atoms with Crippen molar-refractivity contribution in [1.82, 2.24) is 10.2 Å². The van der Waals surface area contributed by atoms with Crippen LogP contribution in [0.1, 0.15) is 63.1 Å². The van der Waals surface area contributed by atoms with Gasteiger partial charge in [0.2, 0.25) is 5.91 Å². The standard InChI is InChI=1S/C28H32N2O4S/c1-3-17(4-2)25(35)26(31)29-22-16-20-14-13-19(18-9-6-5-7-10-18)15-21(20)23-11-8-12-24(28(33)34)30(23)27(22)32/h5-7,9-10,13-15,17,22-24H,3-4,8,11-12,16H2,1-2H3,(H,29,31)(H,33,34)/t22-,23+,24-/m0/s1. The van der Waals surface area contributed by atoms with E-state index in [2.05, 4.69) is 11.4 Å². The fourth-order valence-electron chi connectivity index (χ4n) is 5.43. The van der Waals surface area contributed by atoms with E-state index in [1.165, 1.54) is 4.90 Å². The van der Waals surface area contributed by atoms with Crippen molar-refractivity contribution in [3.05, 3.63) is 59.7 Å². The summed E-state index contributed by atoms with van der Waals surface area (Å²) in [4.78, 5) is 40.8. The quantitative estimate of drug-likeness (QED) is 0.547. The summed E-state index contributed by atoms with van der Waals surface area (Å²) in [7, 11) is 0. The number of rotatable bonds is 7. The van der Waals surface area contributed by atoms with Gasteiger partial charge in [-0.2, -0.15) is 0 Å². The second kappa shape index (κ2) is 10.7. The molecule has 0 unspecified atom stereocenters. The molecule has 0 saturated carbocycles. The number of aliphatic carboxylic acids is 1. The van der Waals surface area contributed by atoms with Crippen LogP contribution >= 0.6 is 12.2 Å². The Bertz CT molecular complexity index is 1130. The topological polar surface area (TPSA) is 86.7 Å². The molecule has 2 aliphatic rings. The number of carboxylic acids is 1. The molecule has 2 aromatic rings. The maximum atomic E-state index is 13.8. The van der Waals surface area contributed by atoms with E-state index in [9.17, 15) is 19.5 Å². The summed E-state index contributed by atoms with van der Waals surface area (Å²) < 4.78 is 0. The predicted octanol–water partition coefficient (Wildman–Crippen LogP) is 4.71. The van der Waals surface area contributed by atoms with Gasteiger partial charge in [0, 0.05) is 6.42 Å². The van der Waals surface area contributed by atoms with E-state index in [0.29, 0.717) is 24.1 Å². The van der Waals surface area contributed by atoms with Crippen molar-refractivity contribution in [1.29, 1.82) is 0 Å². The summed E-state index contributed by atoms with van der Waals surface area (Å²) in [5.74, 6) is -1.79. The molecule has 0 radical (unpaired) electrons. The van der Waals surface area contributed by atoms with Gasteiger partial charge in [-0.05, 0) is 66.3 Å². The second-order valence-corrected chi connectivity index (χ2v) is 9.87. The Balaban J connectivity index is 1.74. The van der Waals surface area contributed by atoms with Crippen molar-refractivity contribution >= 4 is 34.9 Å². The molecule has 35 heavy (non-hydrogen) atoms. The van der Waals surface area contributed by atoms with Gasteiger partial charge < -0.3 is 15.3 Å². The molecule has 0 aromatic heterocycles. The summed E-state index contributed by atoms with van der Waals surface area (Å²) in [5.41, 5.74) is 4.00. The van der Waals surface area contributed by atoms with E-state index in [0.717, 1.165) is 41.5 Å². The lowest BCUT2D eigenvalue weighted by Crippen LogP contribution is -2.56. The minimum Gasteiger partial charge on any atom is -0.480 e. The minimum absolute atomic E-state index is 0.0268. The smallest absolute Gasteiger partial charge is 0.326 e. The molecular formula is C28H32N2O4S. The van der Waals surface area contributed by atoms with Crippen molar-refractivity contribution in [2.24, 2.45) is 5.92 Å². The van der Waals surface area contributed by atoms with Gasteiger partial charge in [0.1, 0.15) is 12.1 Å².